The number of aromatic nitrogens is 6. The SMILES string of the molecule is CC(C)Nc1c(-c2cn(C3CCN(C)C3=O)nn2)cnc2ccc(-c3cn[nH]c3)cc12. The molecule has 0 saturated carbocycles. The molecule has 5 rings (SSSR count). The van der Waals surface area contributed by atoms with Crippen LogP contribution in [0.3, 0.4) is 0 Å². The van der Waals surface area contributed by atoms with E-state index in [0.29, 0.717) is 5.69 Å². The molecular weight excluding hydrogens is 392 g/mol. The Balaban J connectivity index is 1.62. The number of anilines is 1. The maximum atomic E-state index is 12.4. The Kier molecular flexibility index (Phi) is 4.65. The molecule has 4 heterocycles. The topological polar surface area (TPSA) is 105 Å². The van der Waals surface area contributed by atoms with Gasteiger partial charge < -0.3 is 10.2 Å². The van der Waals surface area contributed by atoms with Gasteiger partial charge in [0, 0.05) is 48.5 Å². The number of benzene rings is 1. The summed E-state index contributed by atoms with van der Waals surface area (Å²) in [6, 6.07) is 6.08. The summed E-state index contributed by atoms with van der Waals surface area (Å²) in [6.07, 6.45) is 8.07. The number of pyridine rings is 1. The summed E-state index contributed by atoms with van der Waals surface area (Å²) >= 11 is 0. The maximum Gasteiger partial charge on any atom is 0.247 e. The van der Waals surface area contributed by atoms with Crippen molar-refractivity contribution in [1.29, 1.82) is 0 Å². The van der Waals surface area contributed by atoms with E-state index in [4.69, 9.17) is 0 Å². The Bertz CT molecular complexity index is 1240. The van der Waals surface area contributed by atoms with Crippen LogP contribution in [0, 0.1) is 0 Å². The number of likely N-dealkylation sites (N-methyl/N-ethyl adjacent to an activating group) is 1. The zero-order chi connectivity index (χ0) is 21.5. The first kappa shape index (κ1) is 19.2. The van der Waals surface area contributed by atoms with Crippen LogP contribution in [0.5, 0.6) is 0 Å². The minimum Gasteiger partial charge on any atom is -0.382 e. The highest BCUT2D eigenvalue weighted by atomic mass is 16.2. The van der Waals surface area contributed by atoms with Crippen LogP contribution in [0.1, 0.15) is 26.3 Å². The fraction of sp³-hybridized carbons (Fsp3) is 0.318. The Hall–Kier alpha value is -3.75. The largest absolute Gasteiger partial charge is 0.382 e. The lowest BCUT2D eigenvalue weighted by atomic mass is 10.0. The molecular formula is C22H24N8O. The average Bonchev–Trinajstić information content (AvgIpc) is 3.51. The van der Waals surface area contributed by atoms with Gasteiger partial charge in [0.1, 0.15) is 11.7 Å². The van der Waals surface area contributed by atoms with E-state index in [0.717, 1.165) is 46.2 Å². The van der Waals surface area contributed by atoms with E-state index >= 15 is 0 Å². The smallest absolute Gasteiger partial charge is 0.247 e. The van der Waals surface area contributed by atoms with Gasteiger partial charge in [0.2, 0.25) is 5.91 Å². The van der Waals surface area contributed by atoms with Crippen molar-refractivity contribution >= 4 is 22.5 Å². The molecule has 1 amide bonds. The normalized spacial score (nSPS) is 16.6. The summed E-state index contributed by atoms with van der Waals surface area (Å²) in [5.41, 5.74) is 5.45. The van der Waals surface area contributed by atoms with Crippen LogP contribution in [0.15, 0.2) is 43.0 Å². The molecule has 31 heavy (non-hydrogen) atoms. The first-order chi connectivity index (χ1) is 15.0. The van der Waals surface area contributed by atoms with Gasteiger partial charge in [0.05, 0.1) is 23.6 Å². The molecule has 1 atom stereocenters. The fourth-order valence-electron chi connectivity index (χ4n) is 4.02. The molecule has 0 spiro atoms. The van der Waals surface area contributed by atoms with Gasteiger partial charge in [0.15, 0.2) is 0 Å². The van der Waals surface area contributed by atoms with Gasteiger partial charge in [-0.05, 0) is 38.0 Å². The molecule has 1 aliphatic heterocycles. The number of nitrogens with zero attached hydrogens (tertiary/aromatic N) is 6. The van der Waals surface area contributed by atoms with Gasteiger partial charge in [-0.3, -0.25) is 14.9 Å². The molecule has 9 nitrogen and oxygen atoms in total. The van der Waals surface area contributed by atoms with E-state index in [-0.39, 0.29) is 18.0 Å². The second kappa shape index (κ2) is 7.50. The summed E-state index contributed by atoms with van der Waals surface area (Å²) in [4.78, 5) is 18.8. The molecule has 0 aliphatic carbocycles. The molecule has 1 fully saturated rings. The summed E-state index contributed by atoms with van der Waals surface area (Å²) in [5, 5.41) is 20.1. The van der Waals surface area contributed by atoms with Gasteiger partial charge in [-0.25, -0.2) is 4.68 Å². The third-order valence-corrected chi connectivity index (χ3v) is 5.64. The van der Waals surface area contributed by atoms with Gasteiger partial charge in [-0.1, -0.05) is 11.3 Å². The molecule has 1 aromatic carbocycles. The second-order valence-electron chi connectivity index (χ2n) is 8.21. The van der Waals surface area contributed by atoms with Crippen molar-refractivity contribution in [2.75, 3.05) is 18.9 Å². The minimum absolute atomic E-state index is 0.0679. The number of aromatic amines is 1. The highest BCUT2D eigenvalue weighted by Gasteiger charge is 2.31. The lowest BCUT2D eigenvalue weighted by Gasteiger charge is -2.16. The number of fused-ring (bicyclic) bond motifs is 1. The van der Waals surface area contributed by atoms with E-state index < -0.39 is 0 Å². The molecule has 3 aromatic heterocycles. The number of carbonyl (C=O) groups excluding carboxylic acids is 1. The molecule has 0 radical (unpaired) electrons. The van der Waals surface area contributed by atoms with Crippen LogP contribution >= 0.6 is 0 Å². The van der Waals surface area contributed by atoms with Crippen molar-refractivity contribution in [3.8, 4) is 22.4 Å². The average molecular weight is 416 g/mol. The van der Waals surface area contributed by atoms with Crippen LogP contribution in [-0.2, 0) is 4.79 Å². The molecule has 9 heteroatoms. The quantitative estimate of drug-likeness (QED) is 0.518. The summed E-state index contributed by atoms with van der Waals surface area (Å²) in [7, 11) is 1.82. The summed E-state index contributed by atoms with van der Waals surface area (Å²) < 4.78 is 1.67. The molecule has 1 saturated heterocycles. The molecule has 1 unspecified atom stereocenters. The minimum atomic E-state index is -0.297. The molecule has 0 bridgehead atoms. The van der Waals surface area contributed by atoms with Crippen molar-refractivity contribution in [3.05, 3.63) is 43.0 Å². The van der Waals surface area contributed by atoms with Crippen LogP contribution < -0.4 is 5.32 Å². The van der Waals surface area contributed by atoms with Gasteiger partial charge in [0.25, 0.3) is 0 Å². The first-order valence-electron chi connectivity index (χ1n) is 10.4. The zero-order valence-electron chi connectivity index (χ0n) is 17.7. The van der Waals surface area contributed by atoms with Crippen LogP contribution in [0.25, 0.3) is 33.3 Å². The number of rotatable bonds is 5. The summed E-state index contributed by atoms with van der Waals surface area (Å²) in [5.74, 6) is 0.0679. The van der Waals surface area contributed by atoms with Crippen molar-refractivity contribution < 1.29 is 4.79 Å². The Morgan fingerprint density at radius 3 is 2.81 bits per heavy atom. The lowest BCUT2D eigenvalue weighted by Crippen LogP contribution is -2.24. The predicted octanol–water partition coefficient (Wildman–Crippen LogP) is 3.11. The van der Waals surface area contributed by atoms with E-state index in [1.54, 1.807) is 15.8 Å². The van der Waals surface area contributed by atoms with Crippen LogP contribution in [0.2, 0.25) is 0 Å². The van der Waals surface area contributed by atoms with Crippen LogP contribution in [-0.4, -0.2) is 60.6 Å². The van der Waals surface area contributed by atoms with E-state index in [2.05, 4.69) is 50.7 Å². The predicted molar refractivity (Wildman–Crippen MR) is 118 cm³/mol. The number of hydrogen-bond donors (Lipinski definition) is 2. The number of nitrogens with one attached hydrogen (secondary N) is 2. The van der Waals surface area contributed by atoms with E-state index in [1.165, 1.54) is 0 Å². The Morgan fingerprint density at radius 1 is 1.23 bits per heavy atom. The molecule has 4 aromatic rings. The van der Waals surface area contributed by atoms with E-state index in [9.17, 15) is 4.79 Å². The highest BCUT2D eigenvalue weighted by Crippen LogP contribution is 2.36. The zero-order valence-corrected chi connectivity index (χ0v) is 17.7. The highest BCUT2D eigenvalue weighted by molar-refractivity contribution is 6.00. The standard InChI is InChI=1S/C22H24N8O/c1-13(2)26-21-16-8-14(15-9-24-25-10-15)4-5-18(16)23-11-17(21)19-12-30(28-27-19)20-6-7-29(3)22(20)31/h4-5,8-13,20H,6-7H2,1-3H3,(H,23,26)(H,24,25). The number of amides is 1. The van der Waals surface area contributed by atoms with Gasteiger partial charge in [-0.2, -0.15) is 5.10 Å². The number of hydrogen-bond acceptors (Lipinski definition) is 6. The molecule has 2 N–H and O–H groups in total. The third-order valence-electron chi connectivity index (χ3n) is 5.64. The van der Waals surface area contributed by atoms with Crippen molar-refractivity contribution in [3.63, 3.8) is 0 Å². The van der Waals surface area contributed by atoms with Gasteiger partial charge >= 0.3 is 0 Å². The third kappa shape index (κ3) is 3.41. The molecule has 1 aliphatic rings. The van der Waals surface area contributed by atoms with E-state index in [1.807, 2.05) is 37.8 Å². The first-order valence-corrected chi connectivity index (χ1v) is 10.4. The van der Waals surface area contributed by atoms with Gasteiger partial charge in [-0.15, -0.1) is 5.10 Å². The van der Waals surface area contributed by atoms with Crippen molar-refractivity contribution in [1.82, 2.24) is 35.1 Å². The summed E-state index contributed by atoms with van der Waals surface area (Å²) in [6.45, 7) is 4.92. The monoisotopic (exact) mass is 416 g/mol. The van der Waals surface area contributed by atoms with Crippen molar-refractivity contribution in [2.45, 2.75) is 32.4 Å². The number of H-pyrrole nitrogens is 1. The number of carbonyl (C=O) groups is 1. The maximum absolute atomic E-state index is 12.4. The fourth-order valence-corrected chi connectivity index (χ4v) is 4.02. The lowest BCUT2D eigenvalue weighted by molar-refractivity contribution is -0.129. The van der Waals surface area contributed by atoms with Crippen LogP contribution in [0.4, 0.5) is 5.69 Å². The molecule has 158 valence electrons. The number of likely N-dealkylation sites (tertiary alicyclic amines) is 1. The Labute approximate surface area is 179 Å². The Morgan fingerprint density at radius 2 is 2.10 bits per heavy atom. The second-order valence-corrected chi connectivity index (χ2v) is 8.21. The van der Waals surface area contributed by atoms with Crippen molar-refractivity contribution in [2.24, 2.45) is 0 Å².